The Bertz CT molecular complexity index is 597. The van der Waals surface area contributed by atoms with Gasteiger partial charge in [0.1, 0.15) is 0 Å². The normalized spacial score (nSPS) is 19.7. The molecule has 1 aliphatic heterocycles. The van der Waals surface area contributed by atoms with Crippen molar-refractivity contribution in [3.8, 4) is 0 Å². The fraction of sp³-hybridized carbons (Fsp3) is 0.286. The van der Waals surface area contributed by atoms with E-state index in [-0.39, 0.29) is 12.3 Å². The zero-order valence-electron chi connectivity index (χ0n) is 9.91. The van der Waals surface area contributed by atoms with Crippen LogP contribution >= 0.6 is 0 Å². The highest BCUT2D eigenvalue weighted by Gasteiger charge is 2.27. The molecule has 0 aliphatic carbocycles. The fourth-order valence-electron chi connectivity index (χ4n) is 2.30. The molecule has 4 nitrogen and oxygen atoms in total. The predicted octanol–water partition coefficient (Wildman–Crippen LogP) is 1.33. The number of para-hydroxylation sites is 1. The van der Waals surface area contributed by atoms with Crippen molar-refractivity contribution in [3.05, 3.63) is 42.1 Å². The van der Waals surface area contributed by atoms with Crippen LogP contribution in [0.15, 0.2) is 36.4 Å². The molecule has 0 saturated carbocycles. The van der Waals surface area contributed by atoms with Crippen molar-refractivity contribution in [2.75, 3.05) is 6.54 Å². The molecule has 0 bridgehead atoms. The Morgan fingerprint density at radius 2 is 2.11 bits per heavy atom. The summed E-state index contributed by atoms with van der Waals surface area (Å²) in [4.78, 5) is 17.8. The van der Waals surface area contributed by atoms with Crippen LogP contribution in [0.5, 0.6) is 0 Å². The summed E-state index contributed by atoms with van der Waals surface area (Å²) in [5.74, 6) is -0.00235. The standard InChI is InChI=1S/C14H14N2O2/c17-12-7-14(18)16(9-12)8-11-6-5-10-3-1-2-4-13(10)15-11/h1-6,12,17H,7-9H2. The summed E-state index contributed by atoms with van der Waals surface area (Å²) in [7, 11) is 0. The van der Waals surface area contributed by atoms with Crippen molar-refractivity contribution in [2.24, 2.45) is 0 Å². The van der Waals surface area contributed by atoms with Gasteiger partial charge < -0.3 is 10.0 Å². The van der Waals surface area contributed by atoms with Gasteiger partial charge in [0.15, 0.2) is 0 Å². The lowest BCUT2D eigenvalue weighted by Crippen LogP contribution is -2.25. The third kappa shape index (κ3) is 2.07. The third-order valence-electron chi connectivity index (χ3n) is 3.20. The van der Waals surface area contributed by atoms with Crippen LogP contribution in [-0.4, -0.2) is 33.5 Å². The molecule has 1 atom stereocenters. The van der Waals surface area contributed by atoms with E-state index in [0.717, 1.165) is 16.6 Å². The molecule has 2 heterocycles. The molecule has 0 spiro atoms. The van der Waals surface area contributed by atoms with Gasteiger partial charge in [-0.15, -0.1) is 0 Å². The number of aromatic nitrogens is 1. The number of nitrogens with zero attached hydrogens (tertiary/aromatic N) is 2. The first-order valence-corrected chi connectivity index (χ1v) is 6.03. The van der Waals surface area contributed by atoms with Crippen molar-refractivity contribution in [2.45, 2.75) is 19.1 Å². The monoisotopic (exact) mass is 242 g/mol. The first-order valence-electron chi connectivity index (χ1n) is 6.03. The maximum atomic E-state index is 11.6. The van der Waals surface area contributed by atoms with Gasteiger partial charge in [0.2, 0.25) is 5.91 Å². The number of pyridine rings is 1. The minimum atomic E-state index is -0.530. The molecule has 1 unspecified atom stereocenters. The van der Waals surface area contributed by atoms with Crippen molar-refractivity contribution >= 4 is 16.8 Å². The van der Waals surface area contributed by atoms with Gasteiger partial charge in [0.25, 0.3) is 0 Å². The number of aliphatic hydroxyl groups excluding tert-OH is 1. The fourth-order valence-corrected chi connectivity index (χ4v) is 2.30. The maximum absolute atomic E-state index is 11.6. The number of hydrogen-bond acceptors (Lipinski definition) is 3. The molecule has 1 saturated heterocycles. The number of β-amino-alcohol motifs (C(OH)–C–C–N with tert-alkyl or cyclic N) is 1. The Balaban J connectivity index is 1.84. The molecule has 18 heavy (non-hydrogen) atoms. The van der Waals surface area contributed by atoms with Crippen molar-refractivity contribution in [1.82, 2.24) is 9.88 Å². The molecule has 1 fully saturated rings. The van der Waals surface area contributed by atoms with Crippen molar-refractivity contribution in [3.63, 3.8) is 0 Å². The summed E-state index contributed by atoms with van der Waals surface area (Å²) in [6.45, 7) is 0.883. The van der Waals surface area contributed by atoms with Gasteiger partial charge in [-0.25, -0.2) is 0 Å². The van der Waals surface area contributed by atoms with E-state index in [1.807, 2.05) is 36.4 Å². The molecule has 1 amide bonds. The van der Waals surface area contributed by atoms with E-state index in [4.69, 9.17) is 0 Å². The van der Waals surface area contributed by atoms with Gasteiger partial charge in [-0.2, -0.15) is 0 Å². The quantitative estimate of drug-likeness (QED) is 0.864. The van der Waals surface area contributed by atoms with E-state index in [1.165, 1.54) is 0 Å². The zero-order valence-corrected chi connectivity index (χ0v) is 9.91. The van der Waals surface area contributed by atoms with Crippen LogP contribution in [0.2, 0.25) is 0 Å². The van der Waals surface area contributed by atoms with E-state index in [9.17, 15) is 9.90 Å². The van der Waals surface area contributed by atoms with Crippen LogP contribution in [0.25, 0.3) is 10.9 Å². The van der Waals surface area contributed by atoms with Crippen LogP contribution < -0.4 is 0 Å². The predicted molar refractivity (Wildman–Crippen MR) is 67.8 cm³/mol. The third-order valence-corrected chi connectivity index (χ3v) is 3.20. The summed E-state index contributed by atoms with van der Waals surface area (Å²) in [6, 6.07) is 11.8. The number of carbonyl (C=O) groups excluding carboxylic acids is 1. The molecule has 1 aromatic carbocycles. The molecule has 2 aromatic rings. The number of amides is 1. The van der Waals surface area contributed by atoms with Crippen molar-refractivity contribution in [1.29, 1.82) is 0 Å². The second kappa shape index (κ2) is 4.38. The molecular weight excluding hydrogens is 228 g/mol. The SMILES string of the molecule is O=C1CC(O)CN1Cc1ccc2ccccc2n1. The number of likely N-dealkylation sites (tertiary alicyclic amines) is 1. The summed E-state index contributed by atoms with van der Waals surface area (Å²) >= 11 is 0. The number of rotatable bonds is 2. The van der Waals surface area contributed by atoms with E-state index >= 15 is 0 Å². The van der Waals surface area contributed by atoms with Gasteiger partial charge in [0.05, 0.1) is 30.3 Å². The maximum Gasteiger partial charge on any atom is 0.225 e. The molecule has 1 aromatic heterocycles. The van der Waals surface area contributed by atoms with Gasteiger partial charge in [0, 0.05) is 11.9 Å². The lowest BCUT2D eigenvalue weighted by Gasteiger charge is -2.15. The molecule has 92 valence electrons. The minimum Gasteiger partial charge on any atom is -0.391 e. The number of benzene rings is 1. The highest BCUT2D eigenvalue weighted by Crippen LogP contribution is 2.16. The van der Waals surface area contributed by atoms with E-state index < -0.39 is 6.10 Å². The summed E-state index contributed by atoms with van der Waals surface area (Å²) < 4.78 is 0. The Morgan fingerprint density at radius 3 is 2.89 bits per heavy atom. The summed E-state index contributed by atoms with van der Waals surface area (Å²) in [5, 5.41) is 10.5. The Hall–Kier alpha value is -1.94. The van der Waals surface area contributed by atoms with E-state index in [2.05, 4.69) is 4.98 Å². The molecule has 0 radical (unpaired) electrons. The van der Waals surface area contributed by atoms with Crippen LogP contribution in [0, 0.1) is 0 Å². The van der Waals surface area contributed by atoms with Crippen LogP contribution in [0.3, 0.4) is 0 Å². The number of carbonyl (C=O) groups is 1. The highest BCUT2D eigenvalue weighted by molar-refractivity contribution is 5.80. The average Bonchev–Trinajstić information content (AvgIpc) is 2.68. The minimum absolute atomic E-state index is 0.00235. The van der Waals surface area contributed by atoms with Crippen LogP contribution in [0.4, 0.5) is 0 Å². The summed E-state index contributed by atoms with van der Waals surface area (Å²) in [6.07, 6.45) is -0.300. The van der Waals surface area contributed by atoms with Crippen LogP contribution in [-0.2, 0) is 11.3 Å². The first-order chi connectivity index (χ1) is 8.72. The average molecular weight is 242 g/mol. The molecule has 3 rings (SSSR count). The van der Waals surface area contributed by atoms with Gasteiger partial charge in [-0.1, -0.05) is 24.3 Å². The molecule has 1 aliphatic rings. The largest absolute Gasteiger partial charge is 0.391 e. The second-order valence-corrected chi connectivity index (χ2v) is 4.63. The lowest BCUT2D eigenvalue weighted by atomic mass is 10.2. The van der Waals surface area contributed by atoms with Crippen LogP contribution in [0.1, 0.15) is 12.1 Å². The van der Waals surface area contributed by atoms with Gasteiger partial charge >= 0.3 is 0 Å². The Morgan fingerprint density at radius 1 is 1.28 bits per heavy atom. The molecular formula is C14H14N2O2. The summed E-state index contributed by atoms with van der Waals surface area (Å²) in [5.41, 5.74) is 1.79. The van der Waals surface area contributed by atoms with Gasteiger partial charge in [-0.05, 0) is 12.1 Å². The topological polar surface area (TPSA) is 53.4 Å². The number of hydrogen-bond donors (Lipinski definition) is 1. The smallest absolute Gasteiger partial charge is 0.225 e. The number of aliphatic hydroxyl groups is 1. The van der Waals surface area contributed by atoms with Crippen molar-refractivity contribution < 1.29 is 9.90 Å². The van der Waals surface area contributed by atoms with Gasteiger partial charge in [-0.3, -0.25) is 9.78 Å². The molecule has 1 N–H and O–H groups in total. The number of fused-ring (bicyclic) bond motifs is 1. The highest BCUT2D eigenvalue weighted by atomic mass is 16.3. The van der Waals surface area contributed by atoms with E-state index in [1.54, 1.807) is 4.90 Å². The Kier molecular flexibility index (Phi) is 2.72. The molecule has 4 heteroatoms. The zero-order chi connectivity index (χ0) is 12.5. The Labute approximate surface area is 105 Å². The first kappa shape index (κ1) is 11.2. The lowest BCUT2D eigenvalue weighted by molar-refractivity contribution is -0.128. The van der Waals surface area contributed by atoms with E-state index in [0.29, 0.717) is 13.1 Å². The second-order valence-electron chi connectivity index (χ2n) is 4.63.